The van der Waals surface area contributed by atoms with E-state index in [0.717, 1.165) is 12.1 Å². The van der Waals surface area contributed by atoms with Crippen molar-refractivity contribution >= 4 is 0 Å². The lowest BCUT2D eigenvalue weighted by Crippen LogP contribution is -2.18. The van der Waals surface area contributed by atoms with Gasteiger partial charge in [-0.3, -0.25) is 0 Å². The number of ether oxygens (including phenoxy) is 1. The lowest BCUT2D eigenvalue weighted by molar-refractivity contribution is -0.274. The van der Waals surface area contributed by atoms with E-state index in [1.54, 1.807) is 0 Å². The molecule has 86 valence electrons. The molecule has 0 atom stereocenters. The molecule has 0 unspecified atom stereocenters. The number of benzene rings is 1. The van der Waals surface area contributed by atoms with Gasteiger partial charge in [-0.25, -0.2) is 8.78 Å². The molecule has 7 heteroatoms. The molecule has 16 heavy (non-hydrogen) atoms. The molecule has 0 amide bonds. The van der Waals surface area contributed by atoms with E-state index < -0.39 is 29.7 Å². The van der Waals surface area contributed by atoms with E-state index in [-0.39, 0.29) is 0 Å². The van der Waals surface area contributed by atoms with Gasteiger partial charge in [-0.2, -0.15) is 5.26 Å². The van der Waals surface area contributed by atoms with Gasteiger partial charge in [0.2, 0.25) is 0 Å². The molecule has 1 rings (SSSR count). The van der Waals surface area contributed by atoms with Crippen molar-refractivity contribution in [3.63, 3.8) is 0 Å². The third-order valence-electron chi connectivity index (χ3n) is 1.60. The van der Waals surface area contributed by atoms with Crippen LogP contribution in [0, 0.1) is 11.3 Å². The van der Waals surface area contributed by atoms with Crippen molar-refractivity contribution in [2.24, 2.45) is 0 Å². The SMILES string of the molecule is N#Cc1ccc(C(F)F)cc1OC(F)(F)F. The predicted molar refractivity (Wildman–Crippen MR) is 42.8 cm³/mol. The summed E-state index contributed by atoms with van der Waals surface area (Å²) < 4.78 is 63.5. The van der Waals surface area contributed by atoms with Gasteiger partial charge in [0.15, 0.2) is 0 Å². The van der Waals surface area contributed by atoms with E-state index in [0.29, 0.717) is 6.07 Å². The van der Waals surface area contributed by atoms with Gasteiger partial charge in [-0.15, -0.1) is 13.2 Å². The molecule has 2 nitrogen and oxygen atoms in total. The summed E-state index contributed by atoms with van der Waals surface area (Å²) in [5.74, 6) is -0.923. The smallest absolute Gasteiger partial charge is 0.404 e. The number of nitrogens with zero attached hydrogens (tertiary/aromatic N) is 1. The quantitative estimate of drug-likeness (QED) is 0.738. The Hall–Kier alpha value is -1.84. The van der Waals surface area contributed by atoms with Crippen molar-refractivity contribution in [3.05, 3.63) is 29.3 Å². The van der Waals surface area contributed by atoms with Gasteiger partial charge >= 0.3 is 6.36 Å². The first-order chi connectivity index (χ1) is 7.33. The minimum Gasteiger partial charge on any atom is -0.404 e. The molecule has 0 aliphatic carbocycles. The Morgan fingerprint density at radius 3 is 2.31 bits per heavy atom. The molecule has 0 saturated heterocycles. The third-order valence-corrected chi connectivity index (χ3v) is 1.60. The van der Waals surface area contributed by atoms with Crippen LogP contribution < -0.4 is 4.74 Å². The first kappa shape index (κ1) is 12.2. The van der Waals surface area contributed by atoms with Crippen molar-refractivity contribution in [1.29, 1.82) is 5.26 Å². The highest BCUT2D eigenvalue weighted by Gasteiger charge is 2.32. The average Bonchev–Trinajstić information content (AvgIpc) is 2.15. The Kier molecular flexibility index (Phi) is 3.32. The third kappa shape index (κ3) is 3.08. The summed E-state index contributed by atoms with van der Waals surface area (Å²) in [7, 11) is 0. The lowest BCUT2D eigenvalue weighted by Gasteiger charge is -2.11. The summed E-state index contributed by atoms with van der Waals surface area (Å²) in [4.78, 5) is 0. The van der Waals surface area contributed by atoms with E-state index in [1.165, 1.54) is 6.07 Å². The average molecular weight is 237 g/mol. The van der Waals surface area contributed by atoms with Crippen LogP contribution in [0.15, 0.2) is 18.2 Å². The molecule has 1 aromatic rings. The van der Waals surface area contributed by atoms with Crippen LogP contribution in [-0.4, -0.2) is 6.36 Å². The molecule has 0 saturated carbocycles. The molecule has 0 N–H and O–H groups in total. The van der Waals surface area contributed by atoms with Crippen molar-refractivity contribution < 1.29 is 26.7 Å². The van der Waals surface area contributed by atoms with Crippen molar-refractivity contribution in [2.45, 2.75) is 12.8 Å². The topological polar surface area (TPSA) is 33.0 Å². The van der Waals surface area contributed by atoms with Crippen molar-refractivity contribution in [3.8, 4) is 11.8 Å². The zero-order chi connectivity index (χ0) is 12.3. The predicted octanol–water partition coefficient (Wildman–Crippen LogP) is 3.39. The Balaban J connectivity index is 3.14. The van der Waals surface area contributed by atoms with Gasteiger partial charge in [0.05, 0.1) is 5.56 Å². The second-order valence-electron chi connectivity index (χ2n) is 2.72. The number of rotatable bonds is 2. The van der Waals surface area contributed by atoms with E-state index in [9.17, 15) is 22.0 Å². The summed E-state index contributed by atoms with van der Waals surface area (Å²) in [6, 6.07) is 3.63. The standard InChI is InChI=1S/C9H4F5NO/c10-8(11)5-1-2-6(4-15)7(3-5)16-9(12,13)14/h1-3,8H. The van der Waals surface area contributed by atoms with E-state index >= 15 is 0 Å². The minimum atomic E-state index is -5.02. The van der Waals surface area contributed by atoms with Gasteiger partial charge in [0.25, 0.3) is 6.43 Å². The fraction of sp³-hybridized carbons (Fsp3) is 0.222. The summed E-state index contributed by atoms with van der Waals surface area (Å²) in [5, 5.41) is 8.46. The highest BCUT2D eigenvalue weighted by Crippen LogP contribution is 2.30. The highest BCUT2D eigenvalue weighted by molar-refractivity contribution is 5.45. The van der Waals surface area contributed by atoms with Crippen LogP contribution in [0.5, 0.6) is 5.75 Å². The largest absolute Gasteiger partial charge is 0.573 e. The van der Waals surface area contributed by atoms with Crippen LogP contribution in [0.4, 0.5) is 22.0 Å². The molecule has 0 aliphatic heterocycles. The number of halogens is 5. The van der Waals surface area contributed by atoms with Crippen LogP contribution in [0.2, 0.25) is 0 Å². The first-order valence-corrected chi connectivity index (χ1v) is 3.91. The zero-order valence-electron chi connectivity index (χ0n) is 7.55. The number of alkyl halides is 5. The van der Waals surface area contributed by atoms with E-state index in [4.69, 9.17) is 5.26 Å². The molecule has 0 bridgehead atoms. The number of hydrogen-bond donors (Lipinski definition) is 0. The van der Waals surface area contributed by atoms with Crippen molar-refractivity contribution in [2.75, 3.05) is 0 Å². The summed E-state index contributed by atoms with van der Waals surface area (Å²) in [6.45, 7) is 0. The molecule has 0 spiro atoms. The maximum atomic E-state index is 12.2. The first-order valence-electron chi connectivity index (χ1n) is 3.91. The molecule has 0 radical (unpaired) electrons. The fourth-order valence-corrected chi connectivity index (χ4v) is 0.976. The zero-order valence-corrected chi connectivity index (χ0v) is 7.55. The minimum absolute atomic E-state index is 0.457. The Bertz CT molecular complexity index is 421. The van der Waals surface area contributed by atoms with Gasteiger partial charge < -0.3 is 4.74 Å². The molecule has 1 aromatic carbocycles. The second-order valence-corrected chi connectivity index (χ2v) is 2.72. The van der Waals surface area contributed by atoms with Crippen LogP contribution in [0.1, 0.15) is 17.6 Å². The Labute approximate surface area is 86.9 Å². The van der Waals surface area contributed by atoms with Gasteiger partial charge in [-0.1, -0.05) is 6.07 Å². The van der Waals surface area contributed by atoms with Crippen LogP contribution >= 0.6 is 0 Å². The molecule has 0 aliphatic rings. The van der Waals surface area contributed by atoms with Crippen molar-refractivity contribution in [1.82, 2.24) is 0 Å². The lowest BCUT2D eigenvalue weighted by atomic mass is 10.1. The summed E-state index contributed by atoms with van der Waals surface area (Å²) in [5.41, 5.74) is -1.10. The van der Waals surface area contributed by atoms with Gasteiger partial charge in [0.1, 0.15) is 11.8 Å². The maximum absolute atomic E-state index is 12.2. The van der Waals surface area contributed by atoms with Crippen LogP contribution in [-0.2, 0) is 0 Å². The normalized spacial score (nSPS) is 11.3. The monoisotopic (exact) mass is 237 g/mol. The molecule has 0 fully saturated rings. The maximum Gasteiger partial charge on any atom is 0.573 e. The van der Waals surface area contributed by atoms with E-state index in [1.807, 2.05) is 0 Å². The summed E-state index contributed by atoms with van der Waals surface area (Å²) >= 11 is 0. The summed E-state index contributed by atoms with van der Waals surface area (Å²) in [6.07, 6.45) is -7.95. The molecular weight excluding hydrogens is 233 g/mol. The Morgan fingerprint density at radius 1 is 1.25 bits per heavy atom. The van der Waals surface area contributed by atoms with Crippen LogP contribution in [0.3, 0.4) is 0 Å². The second kappa shape index (κ2) is 4.35. The Morgan fingerprint density at radius 2 is 1.88 bits per heavy atom. The van der Waals surface area contributed by atoms with E-state index in [2.05, 4.69) is 4.74 Å². The number of hydrogen-bond acceptors (Lipinski definition) is 2. The van der Waals surface area contributed by atoms with Gasteiger partial charge in [-0.05, 0) is 12.1 Å². The number of nitriles is 1. The van der Waals surface area contributed by atoms with Gasteiger partial charge in [0, 0.05) is 5.56 Å². The molecular formula is C9H4F5NO. The molecule has 0 heterocycles. The fourth-order valence-electron chi connectivity index (χ4n) is 0.976. The van der Waals surface area contributed by atoms with Crippen LogP contribution in [0.25, 0.3) is 0 Å². The highest BCUT2D eigenvalue weighted by atomic mass is 19.4. The molecule has 0 aromatic heterocycles.